The van der Waals surface area contributed by atoms with Gasteiger partial charge in [0.25, 0.3) is 0 Å². The van der Waals surface area contributed by atoms with Gasteiger partial charge in [-0.05, 0) is 42.0 Å². The van der Waals surface area contributed by atoms with E-state index in [0.29, 0.717) is 59.2 Å². The van der Waals surface area contributed by atoms with E-state index in [1.54, 1.807) is 31.5 Å². The second kappa shape index (κ2) is 10.8. The summed E-state index contributed by atoms with van der Waals surface area (Å²) >= 11 is 0. The number of rotatable bonds is 7. The van der Waals surface area contributed by atoms with Crippen molar-refractivity contribution in [1.29, 1.82) is 10.5 Å². The van der Waals surface area contributed by atoms with Crippen molar-refractivity contribution in [3.05, 3.63) is 77.5 Å². The van der Waals surface area contributed by atoms with Gasteiger partial charge in [-0.25, -0.2) is 4.98 Å². The molecule has 0 radical (unpaired) electrons. The van der Waals surface area contributed by atoms with Crippen molar-refractivity contribution >= 4 is 28.2 Å². The molecule has 0 amide bonds. The highest BCUT2D eigenvalue weighted by Gasteiger charge is 2.17. The first-order valence-electron chi connectivity index (χ1n) is 11.8. The normalized spacial score (nSPS) is 13.0. The fourth-order valence-corrected chi connectivity index (χ4v) is 4.14. The number of morpholine rings is 1. The molecule has 0 bridgehead atoms. The lowest BCUT2D eigenvalue weighted by Gasteiger charge is -2.27. The average molecular weight is 493 g/mol. The largest absolute Gasteiger partial charge is 0.493 e. The van der Waals surface area contributed by atoms with Gasteiger partial charge >= 0.3 is 0 Å². The number of hydrogen-bond donors (Lipinski definition) is 1. The fraction of sp³-hybridized carbons (Fsp3) is 0.214. The van der Waals surface area contributed by atoms with E-state index in [1.807, 2.05) is 36.4 Å². The van der Waals surface area contributed by atoms with Gasteiger partial charge in [-0.2, -0.15) is 10.5 Å². The highest BCUT2D eigenvalue weighted by Crippen LogP contribution is 2.34. The number of nitriles is 2. The molecule has 9 heteroatoms. The lowest BCUT2D eigenvalue weighted by Crippen LogP contribution is -2.36. The molecule has 1 fully saturated rings. The van der Waals surface area contributed by atoms with Crippen LogP contribution in [0.3, 0.4) is 0 Å². The van der Waals surface area contributed by atoms with E-state index in [4.69, 9.17) is 24.5 Å². The summed E-state index contributed by atoms with van der Waals surface area (Å²) in [6, 6.07) is 20.8. The summed E-state index contributed by atoms with van der Waals surface area (Å²) in [4.78, 5) is 11.4. The minimum atomic E-state index is 0.298. The lowest BCUT2D eigenvalue weighted by atomic mass is 10.1. The average Bonchev–Trinajstić information content (AvgIpc) is 2.96. The molecule has 0 saturated carbocycles. The third-order valence-corrected chi connectivity index (χ3v) is 6.04. The topological polar surface area (TPSA) is 116 Å². The van der Waals surface area contributed by atoms with Crippen molar-refractivity contribution in [3.8, 4) is 23.6 Å². The molecule has 1 aromatic heterocycles. The molecule has 1 saturated heterocycles. The molecule has 1 N–H and O–H groups in total. The van der Waals surface area contributed by atoms with Gasteiger partial charge in [-0.3, -0.25) is 4.98 Å². The van der Waals surface area contributed by atoms with Crippen LogP contribution < -0.4 is 19.7 Å². The SMILES string of the molecule is COc1cc(Nc2ccc3ncc(N4CCOCC4)nc3c2C#N)ccc1OCc1cccc(C#N)c1. The van der Waals surface area contributed by atoms with E-state index in [-0.39, 0.29) is 0 Å². The number of benzene rings is 3. The molecule has 0 atom stereocenters. The molecule has 5 rings (SSSR count). The van der Waals surface area contributed by atoms with E-state index in [0.717, 1.165) is 30.2 Å². The number of hydrogen-bond acceptors (Lipinski definition) is 9. The molecule has 0 spiro atoms. The summed E-state index contributed by atoms with van der Waals surface area (Å²) < 4.78 is 16.9. The molecular weight excluding hydrogens is 468 g/mol. The molecule has 9 nitrogen and oxygen atoms in total. The Hall–Kier alpha value is -4.86. The number of fused-ring (bicyclic) bond motifs is 1. The first kappa shape index (κ1) is 23.9. The standard InChI is InChI=1S/C28H24N6O3/c1-35-26-14-21(5-8-25(26)37-18-20-4-2-3-19(13-20)15-29)32-23-6-7-24-28(22(23)16-30)33-27(17-31-24)34-9-11-36-12-10-34/h2-8,13-14,17,32H,9-12,18H2,1H3. The third kappa shape index (κ3) is 5.22. The number of aromatic nitrogens is 2. The van der Waals surface area contributed by atoms with Gasteiger partial charge in [0.15, 0.2) is 11.5 Å². The fourth-order valence-electron chi connectivity index (χ4n) is 4.14. The van der Waals surface area contributed by atoms with Crippen LogP contribution in [0, 0.1) is 22.7 Å². The quantitative estimate of drug-likeness (QED) is 0.397. The number of nitrogens with one attached hydrogen (secondary N) is 1. The van der Waals surface area contributed by atoms with Crippen molar-refractivity contribution in [2.45, 2.75) is 6.61 Å². The van der Waals surface area contributed by atoms with Crippen LogP contribution in [-0.4, -0.2) is 43.4 Å². The Labute approximate surface area is 214 Å². The van der Waals surface area contributed by atoms with Gasteiger partial charge in [0, 0.05) is 24.8 Å². The zero-order valence-electron chi connectivity index (χ0n) is 20.3. The van der Waals surface area contributed by atoms with Crippen molar-refractivity contribution in [1.82, 2.24) is 9.97 Å². The van der Waals surface area contributed by atoms with Gasteiger partial charge in [0.2, 0.25) is 0 Å². The summed E-state index contributed by atoms with van der Waals surface area (Å²) in [5, 5.41) is 22.4. The molecule has 37 heavy (non-hydrogen) atoms. The van der Waals surface area contributed by atoms with E-state index in [1.165, 1.54) is 0 Å². The zero-order chi connectivity index (χ0) is 25.6. The molecule has 1 aliphatic heterocycles. The van der Waals surface area contributed by atoms with E-state index < -0.39 is 0 Å². The molecule has 0 aliphatic carbocycles. The minimum Gasteiger partial charge on any atom is -0.493 e. The second-order valence-electron chi connectivity index (χ2n) is 8.39. The van der Waals surface area contributed by atoms with E-state index in [9.17, 15) is 5.26 Å². The second-order valence-corrected chi connectivity index (χ2v) is 8.39. The smallest absolute Gasteiger partial charge is 0.162 e. The van der Waals surface area contributed by atoms with Gasteiger partial charge < -0.3 is 24.4 Å². The van der Waals surface area contributed by atoms with Crippen LogP contribution in [0.2, 0.25) is 0 Å². The van der Waals surface area contributed by atoms with Crippen LogP contribution in [0.15, 0.2) is 60.8 Å². The highest BCUT2D eigenvalue weighted by atomic mass is 16.5. The molecule has 1 aliphatic rings. The van der Waals surface area contributed by atoms with Crippen LogP contribution in [0.25, 0.3) is 11.0 Å². The highest BCUT2D eigenvalue weighted by molar-refractivity contribution is 5.89. The Morgan fingerprint density at radius 3 is 2.68 bits per heavy atom. The minimum absolute atomic E-state index is 0.298. The Bertz CT molecular complexity index is 1520. The van der Waals surface area contributed by atoms with E-state index >= 15 is 0 Å². The number of ether oxygens (including phenoxy) is 3. The molecular formula is C28H24N6O3. The number of nitrogens with zero attached hydrogens (tertiary/aromatic N) is 5. The summed E-state index contributed by atoms with van der Waals surface area (Å²) in [5.74, 6) is 1.83. The zero-order valence-corrected chi connectivity index (χ0v) is 20.3. The molecule has 4 aromatic rings. The van der Waals surface area contributed by atoms with Crippen LogP contribution in [0.4, 0.5) is 17.2 Å². The predicted molar refractivity (Wildman–Crippen MR) is 139 cm³/mol. The molecule has 0 unspecified atom stereocenters. The van der Waals surface area contributed by atoms with Gasteiger partial charge in [-0.15, -0.1) is 0 Å². The number of methoxy groups -OCH3 is 1. The first-order chi connectivity index (χ1) is 18.2. The molecule has 2 heterocycles. The summed E-state index contributed by atoms with van der Waals surface area (Å²) in [5.41, 5.74) is 4.42. The van der Waals surface area contributed by atoms with Crippen molar-refractivity contribution in [2.24, 2.45) is 0 Å². The van der Waals surface area contributed by atoms with Crippen molar-refractivity contribution in [3.63, 3.8) is 0 Å². The van der Waals surface area contributed by atoms with Crippen LogP contribution >= 0.6 is 0 Å². The Morgan fingerprint density at radius 2 is 1.89 bits per heavy atom. The Kier molecular flexibility index (Phi) is 6.98. The maximum absolute atomic E-state index is 10.00. The van der Waals surface area contributed by atoms with Crippen molar-refractivity contribution in [2.75, 3.05) is 43.6 Å². The van der Waals surface area contributed by atoms with E-state index in [2.05, 4.69) is 27.3 Å². The van der Waals surface area contributed by atoms with Crippen LogP contribution in [0.5, 0.6) is 11.5 Å². The maximum atomic E-state index is 10.00. The van der Waals surface area contributed by atoms with Crippen LogP contribution in [-0.2, 0) is 11.3 Å². The Morgan fingerprint density at radius 1 is 1.03 bits per heavy atom. The Balaban J connectivity index is 1.38. The van der Waals surface area contributed by atoms with Crippen LogP contribution in [0.1, 0.15) is 16.7 Å². The third-order valence-electron chi connectivity index (χ3n) is 6.04. The van der Waals surface area contributed by atoms with Gasteiger partial charge in [-0.1, -0.05) is 12.1 Å². The lowest BCUT2D eigenvalue weighted by molar-refractivity contribution is 0.122. The molecule has 3 aromatic carbocycles. The maximum Gasteiger partial charge on any atom is 0.162 e. The van der Waals surface area contributed by atoms with Gasteiger partial charge in [0.1, 0.15) is 29.6 Å². The van der Waals surface area contributed by atoms with Crippen molar-refractivity contribution < 1.29 is 14.2 Å². The summed E-state index contributed by atoms with van der Waals surface area (Å²) in [6.07, 6.45) is 1.74. The molecule has 184 valence electrons. The predicted octanol–water partition coefficient (Wildman–Crippen LogP) is 4.54. The summed E-state index contributed by atoms with van der Waals surface area (Å²) in [7, 11) is 1.57. The first-order valence-corrected chi connectivity index (χ1v) is 11.8. The number of anilines is 3. The van der Waals surface area contributed by atoms with Gasteiger partial charge in [0.05, 0.1) is 49.4 Å². The monoisotopic (exact) mass is 492 g/mol. The summed E-state index contributed by atoms with van der Waals surface area (Å²) in [6.45, 7) is 3.04.